The van der Waals surface area contributed by atoms with E-state index >= 15 is 0 Å². The summed E-state index contributed by atoms with van der Waals surface area (Å²) >= 11 is 0. The lowest BCUT2D eigenvalue weighted by Crippen LogP contribution is -2.15. The molecule has 0 spiro atoms. The maximum atomic E-state index is 12.4. The molecule has 9 rings (SSSR count). The zero-order valence-electron chi connectivity index (χ0n) is 66.9. The second-order valence-electron chi connectivity index (χ2n) is 37.8. The van der Waals surface area contributed by atoms with Gasteiger partial charge in [0.15, 0.2) is 0 Å². The molecule has 0 amide bonds. The number of ether oxygens (including phenoxy) is 4. The van der Waals surface area contributed by atoms with Crippen LogP contribution in [0.4, 0.5) is 0 Å². The van der Waals surface area contributed by atoms with Crippen LogP contribution in [0.15, 0.2) is 97.1 Å². The Morgan fingerprint density at radius 1 is 0.163 bits per heavy atom. The van der Waals surface area contributed by atoms with E-state index in [1.165, 1.54) is 0 Å². The fourth-order valence-electron chi connectivity index (χ4n) is 13.4. The summed E-state index contributed by atoms with van der Waals surface area (Å²) in [6, 6.07) is 31.8. The Kier molecular flexibility index (Phi) is 22.9. The van der Waals surface area contributed by atoms with Gasteiger partial charge >= 0.3 is 0 Å². The third-order valence-corrected chi connectivity index (χ3v) is 20.7. The van der Waals surface area contributed by atoms with E-state index in [9.17, 15) is 40.9 Å². The molecule has 16 bridgehead atoms. The summed E-state index contributed by atoms with van der Waals surface area (Å²) in [4.78, 5) is 0. The van der Waals surface area contributed by atoms with Gasteiger partial charge in [0.1, 0.15) is 46.0 Å². The molecular weight excluding hydrogens is 1300 g/mol. The van der Waals surface area contributed by atoms with E-state index in [0.29, 0.717) is 89.0 Å². The highest BCUT2D eigenvalue weighted by Crippen LogP contribution is 2.45. The number of hydrogen-bond acceptors (Lipinski definition) is 12. The molecule has 0 aliphatic carbocycles. The van der Waals surface area contributed by atoms with Crippen molar-refractivity contribution in [2.24, 2.45) is 0 Å². The highest BCUT2D eigenvalue weighted by molar-refractivity contribution is 5.58. The van der Waals surface area contributed by atoms with Gasteiger partial charge in [0, 0.05) is 70.2 Å². The standard InChI is InChI=1S/C92H120O12/c1-85(2,3)69-29-53-25-54-30-70(86(4,5)6)39-63(78(54)94)47-102-48-64-40-73(89(13,14)15)33-57(81(64)97)27-58-34-74(90(16,17)18)43-67(82(58)98)51-104-52-68-44-76(92(22,23)24)36-60(84(68)100)28-59-35-75(91(19,20)21)42-66(83(59)99)50-103-49-65-41-72(88(10,11)12)32-56(80(65)96)26-55-31-71(87(7,8)9)38-62(79(55)95)46-101-45-61(37-69)77(53)93/h29-44,93-100H,25-28,45-52H2,1-24H3. The van der Waals surface area contributed by atoms with Crippen molar-refractivity contribution < 1.29 is 59.8 Å². The van der Waals surface area contributed by atoms with E-state index in [2.05, 4.69) is 166 Å². The van der Waals surface area contributed by atoms with Crippen LogP contribution in [-0.2, 0) is 141 Å². The molecule has 1 heterocycles. The van der Waals surface area contributed by atoms with Gasteiger partial charge in [-0.1, -0.05) is 215 Å². The highest BCUT2D eigenvalue weighted by atomic mass is 16.5. The van der Waals surface area contributed by atoms with Crippen LogP contribution >= 0.6 is 0 Å². The average molecular weight is 1420 g/mol. The fourth-order valence-corrected chi connectivity index (χ4v) is 13.4. The largest absolute Gasteiger partial charge is 0.507 e. The monoisotopic (exact) mass is 1420 g/mol. The second kappa shape index (κ2) is 29.7. The average Bonchev–Trinajstić information content (AvgIpc) is 0.796. The SMILES string of the molecule is CC(C)(C)c1cc2c(O)c(c1)Cc1cc(C(C)(C)C)cc(c1O)COCc1cc(C(C)(C)C)cc(c1O)Cc1cc(C(C)(C)C)cc(c1O)COCc1cc(C(C)(C)C)cc(c1O)Cc1cc(C(C)(C)C)cc(c1O)COCc1cc(C(C)(C)C)cc(c1O)Cc1cc(C(C)(C)C)cc(c1O)COC2. The lowest BCUT2D eigenvalue weighted by Gasteiger charge is -2.25. The minimum absolute atomic E-state index is 0.00290. The maximum Gasteiger partial charge on any atom is 0.124 e. The van der Waals surface area contributed by atoms with Gasteiger partial charge in [-0.3, -0.25) is 0 Å². The van der Waals surface area contributed by atoms with Crippen molar-refractivity contribution >= 4 is 0 Å². The van der Waals surface area contributed by atoms with Gasteiger partial charge in [-0.05, 0) is 181 Å². The van der Waals surface area contributed by atoms with Crippen LogP contribution < -0.4 is 0 Å². The number of aromatic hydroxyl groups is 8. The molecule has 1 aliphatic heterocycles. The van der Waals surface area contributed by atoms with Crippen molar-refractivity contribution in [3.05, 3.63) is 231 Å². The van der Waals surface area contributed by atoms with Gasteiger partial charge < -0.3 is 59.8 Å². The van der Waals surface area contributed by atoms with Crippen molar-refractivity contribution in [2.45, 2.75) is 288 Å². The van der Waals surface area contributed by atoms with Crippen LogP contribution in [-0.4, -0.2) is 40.9 Å². The van der Waals surface area contributed by atoms with Crippen LogP contribution in [0, 0.1) is 0 Å². The summed E-state index contributed by atoms with van der Waals surface area (Å²) in [5.41, 5.74) is 14.2. The summed E-state index contributed by atoms with van der Waals surface area (Å²) in [5, 5.41) is 99.2. The van der Waals surface area contributed by atoms with Crippen LogP contribution in [0.1, 0.15) is 300 Å². The normalized spacial score (nSPS) is 15.0. The molecule has 1 aliphatic rings. The quantitative estimate of drug-likeness (QED) is 0.0716. The zero-order valence-corrected chi connectivity index (χ0v) is 66.9. The van der Waals surface area contributed by atoms with Gasteiger partial charge in [0.05, 0.1) is 52.9 Å². The van der Waals surface area contributed by atoms with Gasteiger partial charge in [0.25, 0.3) is 0 Å². The Morgan fingerprint density at radius 2 is 0.250 bits per heavy atom. The molecule has 0 unspecified atom stereocenters. The summed E-state index contributed by atoms with van der Waals surface area (Å²) < 4.78 is 26.3. The summed E-state index contributed by atoms with van der Waals surface area (Å²) in [7, 11) is 0. The van der Waals surface area contributed by atoms with Gasteiger partial charge in [-0.25, -0.2) is 0 Å². The predicted molar refractivity (Wildman–Crippen MR) is 420 cm³/mol. The Balaban J connectivity index is 1.18. The minimum Gasteiger partial charge on any atom is -0.507 e. The Hall–Kier alpha value is -8.00. The number of phenols is 8. The Bertz CT molecular complexity index is 3640. The van der Waals surface area contributed by atoms with Gasteiger partial charge in [-0.15, -0.1) is 0 Å². The molecule has 104 heavy (non-hydrogen) atoms. The van der Waals surface area contributed by atoms with E-state index in [4.69, 9.17) is 18.9 Å². The minimum atomic E-state index is -0.348. The van der Waals surface area contributed by atoms with Crippen molar-refractivity contribution in [1.29, 1.82) is 0 Å². The molecule has 8 aromatic carbocycles. The molecule has 0 saturated heterocycles. The molecule has 0 aromatic heterocycles. The third kappa shape index (κ3) is 18.8. The van der Waals surface area contributed by atoms with Crippen LogP contribution in [0.5, 0.6) is 46.0 Å². The first-order valence-corrected chi connectivity index (χ1v) is 37.0. The highest BCUT2D eigenvalue weighted by Gasteiger charge is 2.30. The number of benzene rings is 8. The summed E-state index contributed by atoms with van der Waals surface area (Å²) in [6.07, 6.45) is 0.725. The van der Waals surface area contributed by atoms with Crippen LogP contribution in [0.2, 0.25) is 0 Å². The molecule has 560 valence electrons. The molecular formula is C92H120O12. The Morgan fingerprint density at radius 3 is 0.337 bits per heavy atom. The molecule has 0 radical (unpaired) electrons. The molecule has 0 saturated carbocycles. The van der Waals surface area contributed by atoms with E-state index in [-0.39, 0.29) is 168 Å². The lowest BCUT2D eigenvalue weighted by atomic mass is 9.82. The zero-order chi connectivity index (χ0) is 77.1. The number of fused-ring (bicyclic) bond motifs is 16. The fraction of sp³-hybridized carbons (Fsp3) is 0.478. The number of hydrogen-bond donors (Lipinski definition) is 8. The Labute approximate surface area is 621 Å². The van der Waals surface area contributed by atoms with Crippen molar-refractivity contribution in [3.63, 3.8) is 0 Å². The first kappa shape index (κ1) is 80.1. The lowest BCUT2D eigenvalue weighted by molar-refractivity contribution is 0.103. The van der Waals surface area contributed by atoms with E-state index in [1.807, 2.05) is 97.1 Å². The smallest absolute Gasteiger partial charge is 0.124 e. The third-order valence-electron chi connectivity index (χ3n) is 20.7. The summed E-state index contributed by atoms with van der Waals surface area (Å²) in [5.74, 6) is 0.319. The van der Waals surface area contributed by atoms with E-state index in [1.54, 1.807) is 0 Å². The van der Waals surface area contributed by atoms with Crippen LogP contribution in [0.3, 0.4) is 0 Å². The first-order valence-electron chi connectivity index (χ1n) is 37.0. The van der Waals surface area contributed by atoms with Gasteiger partial charge in [-0.2, -0.15) is 0 Å². The summed E-state index contributed by atoms with van der Waals surface area (Å²) in [6.45, 7) is 50.9. The molecule has 0 atom stereocenters. The molecule has 12 heteroatoms. The molecule has 0 fully saturated rings. The van der Waals surface area contributed by atoms with E-state index in [0.717, 1.165) is 44.5 Å². The molecule has 8 N–H and O–H groups in total. The second-order valence-corrected chi connectivity index (χ2v) is 37.8. The maximum absolute atomic E-state index is 12.4. The van der Waals surface area contributed by atoms with Crippen molar-refractivity contribution in [3.8, 4) is 46.0 Å². The van der Waals surface area contributed by atoms with Gasteiger partial charge in [0.2, 0.25) is 0 Å². The van der Waals surface area contributed by atoms with E-state index < -0.39 is 0 Å². The van der Waals surface area contributed by atoms with Crippen molar-refractivity contribution in [2.75, 3.05) is 0 Å². The van der Waals surface area contributed by atoms with Crippen molar-refractivity contribution in [1.82, 2.24) is 0 Å². The van der Waals surface area contributed by atoms with Crippen LogP contribution in [0.25, 0.3) is 0 Å². The predicted octanol–water partition coefficient (Wildman–Crippen LogP) is 21.3. The molecule has 8 aromatic rings. The number of rotatable bonds is 0. The first-order chi connectivity index (χ1) is 47.9. The number of phenolic OH excluding ortho intramolecular Hbond substituents is 8. The topological polar surface area (TPSA) is 199 Å². The molecule has 12 nitrogen and oxygen atoms in total.